The molecule has 1 aliphatic rings. The van der Waals surface area contributed by atoms with E-state index in [2.05, 4.69) is 45.1 Å². The number of nitrogens with zero attached hydrogens (tertiary/aromatic N) is 3. The lowest BCUT2D eigenvalue weighted by Gasteiger charge is -2.16. The van der Waals surface area contributed by atoms with Gasteiger partial charge in [-0.3, -0.25) is 4.90 Å². The molecule has 23 heavy (non-hydrogen) atoms. The lowest BCUT2D eigenvalue weighted by molar-refractivity contribution is 0.319. The molecule has 2 N–H and O–H groups in total. The SMILES string of the molecule is CN(C)c1ncc(CN2C[C@@H](CN)[C@H](c3ccccc3)C2)s1.Cl. The molecule has 0 amide bonds. The summed E-state index contributed by atoms with van der Waals surface area (Å²) in [7, 11) is 4.07. The van der Waals surface area contributed by atoms with Crippen molar-refractivity contribution in [1.82, 2.24) is 9.88 Å². The molecule has 0 saturated carbocycles. The minimum Gasteiger partial charge on any atom is -0.354 e. The maximum atomic E-state index is 6.02. The number of hydrogen-bond donors (Lipinski definition) is 1. The van der Waals surface area contributed by atoms with E-state index in [1.807, 2.05) is 20.3 Å². The topological polar surface area (TPSA) is 45.4 Å². The van der Waals surface area contributed by atoms with Gasteiger partial charge in [0.1, 0.15) is 0 Å². The van der Waals surface area contributed by atoms with Crippen LogP contribution in [0.4, 0.5) is 5.13 Å². The van der Waals surface area contributed by atoms with Crippen LogP contribution in [0.2, 0.25) is 0 Å². The Hall–Kier alpha value is -1.14. The number of thiazole rings is 1. The molecule has 2 heterocycles. The Bertz CT molecular complexity index is 602. The highest BCUT2D eigenvalue weighted by molar-refractivity contribution is 7.15. The highest BCUT2D eigenvalue weighted by Gasteiger charge is 2.32. The van der Waals surface area contributed by atoms with Gasteiger partial charge in [0, 0.05) is 50.7 Å². The zero-order valence-electron chi connectivity index (χ0n) is 13.7. The molecule has 1 aliphatic heterocycles. The molecule has 4 nitrogen and oxygen atoms in total. The van der Waals surface area contributed by atoms with Crippen LogP contribution in [-0.4, -0.2) is 43.6 Å². The minimum absolute atomic E-state index is 0. The van der Waals surface area contributed by atoms with Gasteiger partial charge in [-0.25, -0.2) is 4.98 Å². The van der Waals surface area contributed by atoms with E-state index in [1.54, 1.807) is 11.3 Å². The minimum atomic E-state index is 0. The fourth-order valence-corrected chi connectivity index (χ4v) is 4.08. The lowest BCUT2D eigenvalue weighted by atomic mass is 9.89. The number of benzene rings is 1. The van der Waals surface area contributed by atoms with Crippen molar-refractivity contribution in [2.75, 3.05) is 38.6 Å². The summed E-state index contributed by atoms with van der Waals surface area (Å²) in [6.07, 6.45) is 2.01. The quantitative estimate of drug-likeness (QED) is 0.898. The van der Waals surface area contributed by atoms with E-state index >= 15 is 0 Å². The Balaban J connectivity index is 0.00000192. The molecule has 1 aromatic carbocycles. The van der Waals surface area contributed by atoms with Crippen molar-refractivity contribution in [2.24, 2.45) is 11.7 Å². The number of nitrogens with two attached hydrogens (primary N) is 1. The van der Waals surface area contributed by atoms with Crippen LogP contribution in [0.5, 0.6) is 0 Å². The van der Waals surface area contributed by atoms with Crippen molar-refractivity contribution < 1.29 is 0 Å². The molecule has 1 saturated heterocycles. The summed E-state index contributed by atoms with van der Waals surface area (Å²) in [6.45, 7) is 3.89. The van der Waals surface area contributed by atoms with Crippen LogP contribution in [0.1, 0.15) is 16.4 Å². The smallest absolute Gasteiger partial charge is 0.185 e. The zero-order valence-corrected chi connectivity index (χ0v) is 15.3. The first-order valence-electron chi connectivity index (χ1n) is 7.76. The predicted octanol–water partition coefficient (Wildman–Crippen LogP) is 2.81. The lowest BCUT2D eigenvalue weighted by Crippen LogP contribution is -2.22. The molecular formula is C17H25ClN4S. The molecule has 1 aromatic heterocycles. The number of anilines is 1. The van der Waals surface area contributed by atoms with E-state index < -0.39 is 0 Å². The van der Waals surface area contributed by atoms with Crippen LogP contribution < -0.4 is 10.6 Å². The second-order valence-electron chi connectivity index (χ2n) is 6.21. The molecule has 0 radical (unpaired) electrons. The average Bonchev–Trinajstić information content (AvgIpc) is 3.15. The Labute approximate surface area is 148 Å². The predicted molar refractivity (Wildman–Crippen MR) is 101 cm³/mol. The third kappa shape index (κ3) is 4.23. The maximum Gasteiger partial charge on any atom is 0.185 e. The van der Waals surface area contributed by atoms with E-state index in [1.165, 1.54) is 10.4 Å². The molecule has 2 atom stereocenters. The van der Waals surface area contributed by atoms with E-state index in [9.17, 15) is 0 Å². The van der Waals surface area contributed by atoms with Gasteiger partial charge in [0.25, 0.3) is 0 Å². The van der Waals surface area contributed by atoms with Crippen molar-refractivity contribution in [3.8, 4) is 0 Å². The molecular weight excluding hydrogens is 328 g/mol. The number of aromatic nitrogens is 1. The summed E-state index contributed by atoms with van der Waals surface area (Å²) in [4.78, 5) is 10.4. The summed E-state index contributed by atoms with van der Waals surface area (Å²) >= 11 is 1.78. The summed E-state index contributed by atoms with van der Waals surface area (Å²) in [5, 5.41) is 1.07. The standard InChI is InChI=1S/C17H24N4S.ClH/c1-20(2)17-19-9-15(22-17)11-21-10-14(8-18)16(12-21)13-6-4-3-5-7-13;/h3-7,9,14,16H,8,10-12,18H2,1-2H3;1H/t14-,16+;/m1./s1. The van der Waals surface area contributed by atoms with Crippen LogP contribution in [0.15, 0.2) is 36.5 Å². The number of rotatable bonds is 5. The van der Waals surface area contributed by atoms with Gasteiger partial charge in [-0.15, -0.1) is 23.7 Å². The van der Waals surface area contributed by atoms with Crippen LogP contribution in [0, 0.1) is 5.92 Å². The molecule has 3 rings (SSSR count). The van der Waals surface area contributed by atoms with Crippen molar-refractivity contribution in [1.29, 1.82) is 0 Å². The van der Waals surface area contributed by atoms with Crippen LogP contribution >= 0.6 is 23.7 Å². The second kappa shape index (κ2) is 8.11. The Morgan fingerprint density at radius 2 is 2.00 bits per heavy atom. The third-order valence-corrected chi connectivity index (χ3v) is 5.50. The van der Waals surface area contributed by atoms with Gasteiger partial charge in [-0.2, -0.15) is 0 Å². The fourth-order valence-electron chi connectivity index (χ4n) is 3.20. The molecule has 0 spiro atoms. The maximum absolute atomic E-state index is 6.02. The molecule has 0 bridgehead atoms. The number of likely N-dealkylation sites (tertiary alicyclic amines) is 1. The summed E-state index contributed by atoms with van der Waals surface area (Å²) < 4.78 is 0. The van der Waals surface area contributed by atoms with Gasteiger partial charge in [-0.05, 0) is 18.0 Å². The van der Waals surface area contributed by atoms with Crippen molar-refractivity contribution in [2.45, 2.75) is 12.5 Å². The molecule has 1 fully saturated rings. The fraction of sp³-hybridized carbons (Fsp3) is 0.471. The van der Waals surface area contributed by atoms with Gasteiger partial charge in [0.2, 0.25) is 0 Å². The molecule has 2 aromatic rings. The Morgan fingerprint density at radius 3 is 2.61 bits per heavy atom. The van der Waals surface area contributed by atoms with Crippen molar-refractivity contribution >= 4 is 28.9 Å². The van der Waals surface area contributed by atoms with E-state index in [-0.39, 0.29) is 12.4 Å². The Morgan fingerprint density at radius 1 is 1.26 bits per heavy atom. The van der Waals surface area contributed by atoms with Crippen LogP contribution in [-0.2, 0) is 6.54 Å². The van der Waals surface area contributed by atoms with E-state index in [0.29, 0.717) is 11.8 Å². The normalized spacial score (nSPS) is 21.2. The largest absolute Gasteiger partial charge is 0.354 e. The first-order valence-corrected chi connectivity index (χ1v) is 8.58. The van der Waals surface area contributed by atoms with Gasteiger partial charge < -0.3 is 10.6 Å². The third-order valence-electron chi connectivity index (χ3n) is 4.35. The monoisotopic (exact) mass is 352 g/mol. The van der Waals surface area contributed by atoms with Gasteiger partial charge in [-0.1, -0.05) is 30.3 Å². The van der Waals surface area contributed by atoms with Gasteiger partial charge in [0.05, 0.1) is 0 Å². The van der Waals surface area contributed by atoms with Crippen LogP contribution in [0.25, 0.3) is 0 Å². The molecule has 6 heteroatoms. The summed E-state index contributed by atoms with van der Waals surface area (Å²) in [6, 6.07) is 10.8. The highest BCUT2D eigenvalue weighted by atomic mass is 35.5. The van der Waals surface area contributed by atoms with Gasteiger partial charge >= 0.3 is 0 Å². The molecule has 0 aliphatic carbocycles. The summed E-state index contributed by atoms with van der Waals surface area (Å²) in [5.74, 6) is 1.09. The average molecular weight is 353 g/mol. The van der Waals surface area contributed by atoms with E-state index in [0.717, 1.165) is 31.3 Å². The zero-order chi connectivity index (χ0) is 15.5. The second-order valence-corrected chi connectivity index (χ2v) is 7.30. The highest BCUT2D eigenvalue weighted by Crippen LogP contribution is 2.33. The molecule has 0 unspecified atom stereocenters. The first kappa shape index (κ1) is 18.2. The first-order chi connectivity index (χ1) is 10.7. The van der Waals surface area contributed by atoms with Crippen molar-refractivity contribution in [3.05, 3.63) is 47.0 Å². The Kier molecular flexibility index (Phi) is 6.41. The van der Waals surface area contributed by atoms with Crippen molar-refractivity contribution in [3.63, 3.8) is 0 Å². The molecule has 126 valence electrons. The number of hydrogen-bond acceptors (Lipinski definition) is 5. The van der Waals surface area contributed by atoms with E-state index in [4.69, 9.17) is 5.73 Å². The number of halogens is 1. The van der Waals surface area contributed by atoms with Gasteiger partial charge in [0.15, 0.2) is 5.13 Å². The summed E-state index contributed by atoms with van der Waals surface area (Å²) in [5.41, 5.74) is 7.43. The van der Waals surface area contributed by atoms with Crippen LogP contribution in [0.3, 0.4) is 0 Å².